The molecule has 0 aliphatic heterocycles. The lowest BCUT2D eigenvalue weighted by Gasteiger charge is -2.01. The van der Waals surface area contributed by atoms with Crippen molar-refractivity contribution in [2.24, 2.45) is 0 Å². The van der Waals surface area contributed by atoms with Crippen molar-refractivity contribution in [1.29, 1.82) is 0 Å². The number of alkyl halides is 2. The molecule has 4 aromatic rings. The van der Waals surface area contributed by atoms with Crippen LogP contribution in [0.5, 0.6) is 0 Å². The maximum Gasteiger partial charge on any atom is 0.314 e. The van der Waals surface area contributed by atoms with E-state index in [-0.39, 0.29) is 5.89 Å². The SMILES string of the molecule is FC(F)c1nnc(-c2ccc(Cn3cc(-c4ccc(Br)cn4)nn3)nc2)o1. The number of rotatable bonds is 5. The van der Waals surface area contributed by atoms with Gasteiger partial charge in [-0.1, -0.05) is 5.21 Å². The topological polar surface area (TPSA) is 95.4 Å². The van der Waals surface area contributed by atoms with E-state index in [4.69, 9.17) is 4.42 Å². The Morgan fingerprint density at radius 1 is 1.00 bits per heavy atom. The van der Waals surface area contributed by atoms with E-state index >= 15 is 0 Å². The van der Waals surface area contributed by atoms with Crippen LogP contribution >= 0.6 is 15.9 Å². The first kappa shape index (κ1) is 17.3. The van der Waals surface area contributed by atoms with E-state index in [1.54, 1.807) is 29.2 Å². The van der Waals surface area contributed by atoms with E-state index in [1.165, 1.54) is 6.20 Å². The fraction of sp³-hybridized carbons (Fsp3) is 0.125. The molecular weight excluding hydrogens is 424 g/mol. The van der Waals surface area contributed by atoms with Gasteiger partial charge in [0.05, 0.1) is 29.7 Å². The molecule has 4 heterocycles. The maximum absolute atomic E-state index is 12.5. The molecule has 0 bridgehead atoms. The molecule has 0 aromatic carbocycles. The standard InChI is InChI=1S/C16H10BrF2N7O/c17-10-2-4-12(21-6-10)13-8-26(25-22-13)7-11-3-1-9(5-20-11)15-23-24-16(27-15)14(18)19/h1-6,8,14H,7H2. The van der Waals surface area contributed by atoms with Crippen LogP contribution in [0, 0.1) is 0 Å². The molecule has 0 N–H and O–H groups in total. The minimum atomic E-state index is -2.81. The number of hydrogen-bond acceptors (Lipinski definition) is 7. The number of hydrogen-bond donors (Lipinski definition) is 0. The Hall–Kier alpha value is -3.08. The fourth-order valence-electron chi connectivity index (χ4n) is 2.27. The summed E-state index contributed by atoms with van der Waals surface area (Å²) in [6, 6.07) is 7.10. The van der Waals surface area contributed by atoms with Crippen LogP contribution in [0.4, 0.5) is 8.78 Å². The summed E-state index contributed by atoms with van der Waals surface area (Å²) in [5, 5.41) is 15.0. The molecule has 136 valence electrons. The minimum absolute atomic E-state index is 0.00583. The second-order valence-corrected chi connectivity index (χ2v) is 6.36. The number of halogens is 3. The van der Waals surface area contributed by atoms with Crippen LogP contribution in [-0.4, -0.2) is 35.2 Å². The normalized spacial score (nSPS) is 11.3. The van der Waals surface area contributed by atoms with E-state index in [0.717, 1.165) is 4.47 Å². The van der Waals surface area contributed by atoms with Crippen LogP contribution < -0.4 is 0 Å². The van der Waals surface area contributed by atoms with Crippen molar-refractivity contribution in [2.45, 2.75) is 13.0 Å². The van der Waals surface area contributed by atoms with Crippen LogP contribution in [-0.2, 0) is 6.54 Å². The molecule has 0 unspecified atom stereocenters. The van der Waals surface area contributed by atoms with Crippen LogP contribution in [0.15, 0.2) is 51.7 Å². The Morgan fingerprint density at radius 2 is 1.89 bits per heavy atom. The predicted molar refractivity (Wildman–Crippen MR) is 92.5 cm³/mol. The van der Waals surface area contributed by atoms with Gasteiger partial charge in [-0.15, -0.1) is 15.3 Å². The highest BCUT2D eigenvalue weighted by molar-refractivity contribution is 9.10. The number of pyridine rings is 2. The van der Waals surface area contributed by atoms with Crippen LogP contribution in [0.2, 0.25) is 0 Å². The average molecular weight is 434 g/mol. The minimum Gasteiger partial charge on any atom is -0.415 e. The molecule has 0 saturated heterocycles. The maximum atomic E-state index is 12.5. The van der Waals surface area contributed by atoms with Gasteiger partial charge in [-0.2, -0.15) is 8.78 Å². The summed E-state index contributed by atoms with van der Waals surface area (Å²) in [5.41, 5.74) is 2.51. The molecule has 0 aliphatic rings. The van der Waals surface area contributed by atoms with Gasteiger partial charge in [0.2, 0.25) is 5.89 Å². The largest absolute Gasteiger partial charge is 0.415 e. The summed E-state index contributed by atoms with van der Waals surface area (Å²) in [5.74, 6) is -0.723. The van der Waals surface area contributed by atoms with Gasteiger partial charge in [0.1, 0.15) is 5.69 Å². The van der Waals surface area contributed by atoms with Crippen molar-refractivity contribution in [2.75, 3.05) is 0 Å². The molecule has 0 atom stereocenters. The monoisotopic (exact) mass is 433 g/mol. The molecule has 0 radical (unpaired) electrons. The molecule has 4 aromatic heterocycles. The highest BCUT2D eigenvalue weighted by atomic mass is 79.9. The number of aromatic nitrogens is 7. The van der Waals surface area contributed by atoms with Crippen LogP contribution in [0.25, 0.3) is 22.8 Å². The van der Waals surface area contributed by atoms with Crippen molar-refractivity contribution >= 4 is 15.9 Å². The highest BCUT2D eigenvalue weighted by Gasteiger charge is 2.17. The zero-order valence-corrected chi connectivity index (χ0v) is 15.1. The van der Waals surface area contributed by atoms with Crippen molar-refractivity contribution in [1.82, 2.24) is 35.2 Å². The van der Waals surface area contributed by atoms with E-state index in [9.17, 15) is 8.78 Å². The predicted octanol–water partition coefficient (Wildman–Crippen LogP) is 3.53. The lowest BCUT2D eigenvalue weighted by Crippen LogP contribution is -2.02. The van der Waals surface area contributed by atoms with Crippen molar-refractivity contribution in [3.05, 3.63) is 58.9 Å². The molecule has 27 heavy (non-hydrogen) atoms. The van der Waals surface area contributed by atoms with Gasteiger partial charge in [0, 0.05) is 16.9 Å². The van der Waals surface area contributed by atoms with Crippen molar-refractivity contribution < 1.29 is 13.2 Å². The van der Waals surface area contributed by atoms with Crippen molar-refractivity contribution in [3.63, 3.8) is 0 Å². The zero-order chi connectivity index (χ0) is 18.8. The summed E-state index contributed by atoms with van der Waals surface area (Å²) in [6.07, 6.45) is 2.12. The molecule has 0 saturated carbocycles. The van der Waals surface area contributed by atoms with E-state index in [1.807, 2.05) is 12.1 Å². The van der Waals surface area contributed by atoms with Gasteiger partial charge in [-0.25, -0.2) is 4.68 Å². The zero-order valence-electron chi connectivity index (χ0n) is 13.5. The lowest BCUT2D eigenvalue weighted by molar-refractivity contribution is 0.116. The summed E-state index contributed by atoms with van der Waals surface area (Å²) in [7, 11) is 0. The molecule has 4 rings (SSSR count). The first-order valence-corrected chi connectivity index (χ1v) is 8.47. The first-order valence-electron chi connectivity index (χ1n) is 7.67. The van der Waals surface area contributed by atoms with Crippen LogP contribution in [0.1, 0.15) is 18.0 Å². The molecular formula is C16H10BrF2N7O. The van der Waals surface area contributed by atoms with Gasteiger partial charge < -0.3 is 4.42 Å². The van der Waals surface area contributed by atoms with Gasteiger partial charge in [0.15, 0.2) is 0 Å². The number of nitrogens with zero attached hydrogens (tertiary/aromatic N) is 7. The van der Waals surface area contributed by atoms with Gasteiger partial charge >= 0.3 is 6.43 Å². The average Bonchev–Trinajstić information content (AvgIpc) is 3.33. The summed E-state index contributed by atoms with van der Waals surface area (Å²) in [4.78, 5) is 8.55. The second-order valence-electron chi connectivity index (χ2n) is 5.45. The Morgan fingerprint density at radius 3 is 2.56 bits per heavy atom. The van der Waals surface area contributed by atoms with Gasteiger partial charge in [-0.05, 0) is 40.2 Å². The van der Waals surface area contributed by atoms with Crippen molar-refractivity contribution in [3.8, 4) is 22.8 Å². The Labute approximate surface area is 159 Å². The second kappa shape index (κ2) is 7.27. The summed E-state index contributed by atoms with van der Waals surface area (Å²) < 4.78 is 32.4. The van der Waals surface area contributed by atoms with Gasteiger partial charge in [0.25, 0.3) is 5.89 Å². The fourth-order valence-corrected chi connectivity index (χ4v) is 2.50. The third-order valence-electron chi connectivity index (χ3n) is 3.55. The third kappa shape index (κ3) is 3.87. The van der Waals surface area contributed by atoms with E-state index < -0.39 is 12.3 Å². The molecule has 0 amide bonds. The highest BCUT2D eigenvalue weighted by Crippen LogP contribution is 2.23. The lowest BCUT2D eigenvalue weighted by atomic mass is 10.2. The molecule has 0 aliphatic carbocycles. The molecule has 11 heteroatoms. The first-order chi connectivity index (χ1) is 13.1. The van der Waals surface area contributed by atoms with E-state index in [2.05, 4.69) is 46.4 Å². The quantitative estimate of drug-likeness (QED) is 0.474. The third-order valence-corrected chi connectivity index (χ3v) is 4.02. The Kier molecular flexibility index (Phi) is 4.67. The Balaban J connectivity index is 1.48. The smallest absolute Gasteiger partial charge is 0.314 e. The molecule has 0 fully saturated rings. The molecule has 8 nitrogen and oxygen atoms in total. The summed E-state index contributed by atoms with van der Waals surface area (Å²) in [6.45, 7) is 0.385. The summed E-state index contributed by atoms with van der Waals surface area (Å²) >= 11 is 3.33. The molecule has 0 spiro atoms. The Bertz CT molecular complexity index is 1050. The van der Waals surface area contributed by atoms with E-state index in [0.29, 0.717) is 29.2 Å². The van der Waals surface area contributed by atoms with Gasteiger partial charge in [-0.3, -0.25) is 9.97 Å². The van der Waals surface area contributed by atoms with Crippen LogP contribution in [0.3, 0.4) is 0 Å².